The summed E-state index contributed by atoms with van der Waals surface area (Å²) < 4.78 is 6.65. The maximum Gasteiger partial charge on any atom is 0.182 e. The van der Waals surface area contributed by atoms with Crippen LogP contribution in [-0.2, 0) is 9.53 Å². The van der Waals surface area contributed by atoms with Crippen LogP contribution in [0.25, 0.3) is 0 Å². The van der Waals surface area contributed by atoms with Crippen LogP contribution in [0.1, 0.15) is 125 Å². The molecule has 7 aliphatic rings. The summed E-state index contributed by atoms with van der Waals surface area (Å²) in [4.78, 5) is 14.9. The molecule has 0 spiro atoms. The standard InChI is InChI=1S/C44H71N3O8/c1-6-7-8-26-9-11-33-28(19-26)25(3)39(55-33)40(52)42(5,53)34-15-18-44(54)36-29(14-16-41(34,44)4)43(17-13-27-10-12-35(45)46-23-27)21-32(50)31(49)20-30(43)38(51)37(36)47-22-24(2)48/h10,12,23-26,28-35,39-40,46-50,52-54H,6-9,11,13-22,45H2,1-5H3. The molecule has 7 rings (SSSR count). The Bertz CT molecular complexity index is 1530. The van der Waals surface area contributed by atoms with E-state index < -0.39 is 64.4 Å². The second-order valence-corrected chi connectivity index (χ2v) is 19.6. The summed E-state index contributed by atoms with van der Waals surface area (Å²) in [6.45, 7) is 9.91. The highest BCUT2D eigenvalue weighted by atomic mass is 16.5. The van der Waals surface area contributed by atoms with Gasteiger partial charge in [0.05, 0.1) is 53.6 Å². The number of nitrogens with one attached hydrogen (secondary N) is 2. The topological polar surface area (TPSA) is 198 Å². The molecule has 0 aromatic rings. The van der Waals surface area contributed by atoms with Crippen LogP contribution in [0, 0.1) is 46.3 Å². The first-order valence-corrected chi connectivity index (χ1v) is 21.7. The van der Waals surface area contributed by atoms with E-state index in [0.717, 1.165) is 24.8 Å². The van der Waals surface area contributed by atoms with Gasteiger partial charge in [-0.25, -0.2) is 0 Å². The molecule has 0 radical (unpaired) electrons. The Hall–Kier alpha value is -1.83. The maximum atomic E-state index is 14.9. The van der Waals surface area contributed by atoms with Gasteiger partial charge in [-0.05, 0) is 137 Å². The van der Waals surface area contributed by atoms with Gasteiger partial charge in [0.25, 0.3) is 0 Å². The fourth-order valence-electron chi connectivity index (χ4n) is 13.4. The van der Waals surface area contributed by atoms with Crippen molar-refractivity contribution in [1.29, 1.82) is 0 Å². The number of nitrogens with two attached hydrogens (primary N) is 1. The number of aliphatic hydroxyl groups is 6. The van der Waals surface area contributed by atoms with Crippen LogP contribution in [0.2, 0.25) is 0 Å². The highest BCUT2D eigenvalue weighted by molar-refractivity contribution is 6.00. The Kier molecular flexibility index (Phi) is 11.6. The van der Waals surface area contributed by atoms with Crippen molar-refractivity contribution in [3.63, 3.8) is 0 Å². The molecule has 1 saturated heterocycles. The number of aliphatic hydroxyl groups excluding tert-OH is 4. The lowest BCUT2D eigenvalue weighted by Crippen LogP contribution is -2.65. The van der Waals surface area contributed by atoms with E-state index in [1.165, 1.54) is 19.3 Å². The quantitative estimate of drug-likeness (QED) is 0.140. The van der Waals surface area contributed by atoms with Gasteiger partial charge in [0.2, 0.25) is 0 Å². The summed E-state index contributed by atoms with van der Waals surface area (Å²) in [7, 11) is 0. The Morgan fingerprint density at radius 1 is 1.11 bits per heavy atom. The molecule has 5 aliphatic carbocycles. The first-order chi connectivity index (χ1) is 26.0. The smallest absolute Gasteiger partial charge is 0.182 e. The molecular formula is C44H71N3O8. The summed E-state index contributed by atoms with van der Waals surface area (Å²) in [5.41, 5.74) is 3.21. The number of ketones is 1. The predicted octanol–water partition coefficient (Wildman–Crippen LogP) is 3.70. The van der Waals surface area contributed by atoms with Crippen LogP contribution in [-0.4, -0.2) is 97.0 Å². The third kappa shape index (κ3) is 6.88. The maximum absolute atomic E-state index is 14.9. The second kappa shape index (κ2) is 15.4. The molecular weight excluding hydrogens is 698 g/mol. The molecule has 55 heavy (non-hydrogen) atoms. The molecule has 0 bridgehead atoms. The van der Waals surface area contributed by atoms with E-state index in [9.17, 15) is 35.4 Å². The first-order valence-electron chi connectivity index (χ1n) is 21.7. The van der Waals surface area contributed by atoms with Crippen molar-refractivity contribution in [3.05, 3.63) is 35.2 Å². The number of dihydropyridines is 1. The zero-order valence-electron chi connectivity index (χ0n) is 33.9. The fraction of sp³-hybridized carbons (Fsp3) is 0.841. The molecule has 310 valence electrons. The molecule has 10 N–H and O–H groups in total. The largest absolute Gasteiger partial charge is 0.392 e. The number of fused-ring (bicyclic) bond motifs is 6. The lowest BCUT2D eigenvalue weighted by atomic mass is 9.43. The lowest BCUT2D eigenvalue weighted by Gasteiger charge is -2.62. The second-order valence-electron chi connectivity index (χ2n) is 19.6. The van der Waals surface area contributed by atoms with E-state index in [4.69, 9.17) is 10.5 Å². The number of hydrogen-bond donors (Lipinski definition) is 9. The number of ether oxygens (including phenoxy) is 1. The Morgan fingerprint density at radius 3 is 2.56 bits per heavy atom. The number of carbonyl (C=O) groups is 1. The van der Waals surface area contributed by atoms with E-state index >= 15 is 0 Å². The summed E-state index contributed by atoms with van der Waals surface area (Å²) in [5, 5.41) is 77.5. The van der Waals surface area contributed by atoms with E-state index in [1.807, 2.05) is 25.3 Å². The highest BCUT2D eigenvalue weighted by Crippen LogP contribution is 2.70. The van der Waals surface area contributed by atoms with Gasteiger partial charge < -0.3 is 51.7 Å². The predicted molar refractivity (Wildman–Crippen MR) is 210 cm³/mol. The van der Waals surface area contributed by atoms with Crippen LogP contribution < -0.4 is 16.4 Å². The van der Waals surface area contributed by atoms with E-state index in [-0.39, 0.29) is 49.3 Å². The highest BCUT2D eigenvalue weighted by Gasteiger charge is 2.71. The van der Waals surface area contributed by atoms with Crippen LogP contribution in [0.4, 0.5) is 0 Å². The van der Waals surface area contributed by atoms with Gasteiger partial charge in [0.15, 0.2) is 5.78 Å². The van der Waals surface area contributed by atoms with Crippen molar-refractivity contribution >= 4 is 5.78 Å². The van der Waals surface area contributed by atoms with Crippen molar-refractivity contribution in [2.75, 3.05) is 6.54 Å². The SMILES string of the molecule is CCCCC1CCC2OC(C(O)C(C)(O)C3CCC4(O)C5=C(NCC(C)O)C(=O)C6CC(O)C(O)CC6(CCC6=CNC(N)C=C6)C5CCC34C)C(C)C2C1. The zero-order valence-corrected chi connectivity index (χ0v) is 33.9. The Morgan fingerprint density at radius 2 is 1.87 bits per heavy atom. The molecule has 2 aliphatic heterocycles. The van der Waals surface area contributed by atoms with Crippen molar-refractivity contribution < 1.29 is 40.2 Å². The summed E-state index contributed by atoms with van der Waals surface area (Å²) in [6, 6.07) is 0. The number of carbonyl (C=O) groups excluding carboxylic acids is 1. The van der Waals surface area contributed by atoms with Crippen molar-refractivity contribution in [2.45, 2.75) is 179 Å². The van der Waals surface area contributed by atoms with Gasteiger partial charge in [0, 0.05) is 24.1 Å². The average molecular weight is 770 g/mol. The summed E-state index contributed by atoms with van der Waals surface area (Å²) >= 11 is 0. The molecule has 5 fully saturated rings. The first kappa shape index (κ1) is 41.3. The zero-order chi connectivity index (χ0) is 39.7. The van der Waals surface area contributed by atoms with Crippen molar-refractivity contribution in [1.82, 2.24) is 10.6 Å². The molecule has 11 heteroatoms. The van der Waals surface area contributed by atoms with E-state index in [2.05, 4.69) is 24.5 Å². The fourth-order valence-corrected chi connectivity index (χ4v) is 13.4. The third-order valence-electron chi connectivity index (χ3n) is 16.5. The lowest BCUT2D eigenvalue weighted by molar-refractivity contribution is -0.199. The number of allylic oxidation sites excluding steroid dienone is 3. The molecule has 17 unspecified atom stereocenters. The van der Waals surface area contributed by atoms with Gasteiger partial charge in [-0.3, -0.25) is 4.79 Å². The molecule has 0 aromatic heterocycles. The molecule has 2 heterocycles. The van der Waals surface area contributed by atoms with Crippen LogP contribution >= 0.6 is 0 Å². The molecule has 17 atom stereocenters. The summed E-state index contributed by atoms with van der Waals surface area (Å²) in [6.07, 6.45) is 11.3. The van der Waals surface area contributed by atoms with Crippen LogP contribution in [0.3, 0.4) is 0 Å². The van der Waals surface area contributed by atoms with Crippen LogP contribution in [0.15, 0.2) is 35.2 Å². The average Bonchev–Trinajstić information content (AvgIpc) is 3.63. The Balaban J connectivity index is 1.22. The van der Waals surface area contributed by atoms with Gasteiger partial charge in [-0.15, -0.1) is 0 Å². The normalized spacial score (nSPS) is 46.1. The number of rotatable bonds is 12. The third-order valence-corrected chi connectivity index (χ3v) is 16.5. The van der Waals surface area contributed by atoms with Gasteiger partial charge in [-0.2, -0.15) is 0 Å². The van der Waals surface area contributed by atoms with Gasteiger partial charge in [0.1, 0.15) is 6.10 Å². The number of Topliss-reactive ketones (excluding diaryl/α,β-unsaturated/α-hetero) is 1. The molecule has 11 nitrogen and oxygen atoms in total. The Labute approximate surface area is 328 Å². The van der Waals surface area contributed by atoms with Gasteiger partial charge in [-0.1, -0.05) is 46.1 Å². The minimum absolute atomic E-state index is 0.0803. The van der Waals surface area contributed by atoms with E-state index in [0.29, 0.717) is 61.6 Å². The molecule has 4 saturated carbocycles. The van der Waals surface area contributed by atoms with Crippen molar-refractivity contribution in [3.8, 4) is 0 Å². The van der Waals surface area contributed by atoms with Gasteiger partial charge >= 0.3 is 0 Å². The summed E-state index contributed by atoms with van der Waals surface area (Å²) in [5.74, 6) is -0.497. The minimum Gasteiger partial charge on any atom is -0.392 e. The number of hydrogen-bond acceptors (Lipinski definition) is 11. The molecule has 0 amide bonds. The minimum atomic E-state index is -1.59. The number of unbranched alkanes of at least 4 members (excludes halogenated alkanes) is 1. The van der Waals surface area contributed by atoms with Crippen LogP contribution in [0.5, 0.6) is 0 Å². The van der Waals surface area contributed by atoms with E-state index in [1.54, 1.807) is 13.8 Å². The monoisotopic (exact) mass is 770 g/mol. The van der Waals surface area contributed by atoms with Crippen molar-refractivity contribution in [2.24, 2.45) is 52.1 Å². The molecule has 0 aromatic carbocycles.